The molecule has 3 heteroatoms. The Morgan fingerprint density at radius 1 is 1.55 bits per heavy atom. The summed E-state index contributed by atoms with van der Waals surface area (Å²) in [7, 11) is -1.29. The molecule has 0 aromatic heterocycles. The van der Waals surface area contributed by atoms with Crippen LogP contribution in [-0.4, -0.2) is 11.8 Å². The predicted molar refractivity (Wildman–Crippen MR) is 47.0 cm³/mol. The monoisotopic (exact) mass is 172 g/mol. The molecule has 0 heterocycles. The van der Waals surface area contributed by atoms with E-state index in [0.717, 1.165) is 6.42 Å². The molecular weight excluding hydrogens is 157 g/mol. The molecule has 0 rings (SSSR count). The fourth-order valence-electron chi connectivity index (χ4n) is 0.902. The van der Waals surface area contributed by atoms with Crippen LogP contribution in [-0.2, 0) is 4.57 Å². The lowest BCUT2D eigenvalue weighted by Gasteiger charge is -2.00. The van der Waals surface area contributed by atoms with Crippen LogP contribution in [0.2, 0.25) is 0 Å². The van der Waals surface area contributed by atoms with Crippen molar-refractivity contribution in [2.45, 2.75) is 32.9 Å². The molecule has 0 fully saturated rings. The molecule has 0 aromatic carbocycles. The molecule has 0 radical (unpaired) electrons. The molecule has 62 valence electrons. The molecule has 0 bridgehead atoms. The van der Waals surface area contributed by atoms with Crippen LogP contribution in [0.5, 0.6) is 0 Å². The van der Waals surface area contributed by atoms with Gasteiger partial charge in [-0.1, -0.05) is 18.4 Å². The molecule has 0 aliphatic rings. The van der Waals surface area contributed by atoms with Crippen molar-refractivity contribution < 1.29 is 4.57 Å². The summed E-state index contributed by atoms with van der Waals surface area (Å²) in [4.78, 5) is 0. The predicted octanol–water partition coefficient (Wildman–Crippen LogP) is 2.77. The second-order valence-electron chi connectivity index (χ2n) is 3.01. The van der Waals surface area contributed by atoms with E-state index in [1.807, 2.05) is 20.8 Å². The summed E-state index contributed by atoms with van der Waals surface area (Å²) >= 11 is 0. The number of nitriles is 1. The van der Waals surface area contributed by atoms with E-state index in [1.54, 1.807) is 0 Å². The first kappa shape index (κ1) is 10.6. The average molecular weight is 172 g/mol. The van der Waals surface area contributed by atoms with Gasteiger partial charge in [-0.15, -0.1) is 0 Å². The highest BCUT2D eigenvalue weighted by Gasteiger charge is 2.28. The van der Waals surface area contributed by atoms with Gasteiger partial charge in [0.2, 0.25) is 5.66 Å². The van der Waals surface area contributed by atoms with Crippen molar-refractivity contribution in [3.8, 4) is 6.07 Å². The first-order chi connectivity index (χ1) is 5.11. The van der Waals surface area contributed by atoms with Crippen molar-refractivity contribution in [2.24, 2.45) is 5.92 Å². The summed E-state index contributed by atoms with van der Waals surface area (Å²) in [5, 5.41) is 8.64. The first-order valence-electron chi connectivity index (χ1n) is 3.95. The highest BCUT2D eigenvalue weighted by atomic mass is 31.1. The third kappa shape index (κ3) is 4.11. The van der Waals surface area contributed by atoms with Gasteiger partial charge in [-0.05, 0) is 12.8 Å². The summed E-state index contributed by atoms with van der Waals surface area (Å²) in [6.07, 6.45) is 1.39. The topological polar surface area (TPSA) is 40.9 Å². The zero-order valence-electron chi connectivity index (χ0n) is 7.37. The number of rotatable bonds is 4. The summed E-state index contributed by atoms with van der Waals surface area (Å²) in [5.41, 5.74) is -0.227. The standard InChI is InChI=1S/C8H15NOP/c1-4-11(10)8(6-9)5-7(2)3/h7-8H,4-5H2,1-3H3/q+1. The quantitative estimate of drug-likeness (QED) is 0.612. The highest BCUT2D eigenvalue weighted by molar-refractivity contribution is 7.45. The Hall–Kier alpha value is -0.410. The van der Waals surface area contributed by atoms with Crippen LogP contribution in [0.4, 0.5) is 0 Å². The van der Waals surface area contributed by atoms with Crippen molar-refractivity contribution in [1.82, 2.24) is 0 Å². The van der Waals surface area contributed by atoms with Crippen LogP contribution in [0.25, 0.3) is 0 Å². The molecule has 2 atom stereocenters. The molecule has 0 aliphatic heterocycles. The minimum absolute atomic E-state index is 0.227. The average Bonchev–Trinajstić information content (AvgIpc) is 1.98. The summed E-state index contributed by atoms with van der Waals surface area (Å²) in [5.74, 6) is 0.463. The first-order valence-corrected chi connectivity index (χ1v) is 5.46. The van der Waals surface area contributed by atoms with Gasteiger partial charge in [0.05, 0.1) is 0 Å². The molecule has 0 spiro atoms. The maximum Gasteiger partial charge on any atom is 0.356 e. The van der Waals surface area contributed by atoms with E-state index in [2.05, 4.69) is 6.07 Å². The zero-order valence-corrected chi connectivity index (χ0v) is 8.27. The largest absolute Gasteiger partial charge is 0.356 e. The summed E-state index contributed by atoms with van der Waals surface area (Å²) < 4.78 is 11.2. The van der Waals surface area contributed by atoms with Crippen molar-refractivity contribution in [3.63, 3.8) is 0 Å². The third-order valence-corrected chi connectivity index (χ3v) is 3.15. The van der Waals surface area contributed by atoms with Crippen LogP contribution < -0.4 is 0 Å². The lowest BCUT2D eigenvalue weighted by molar-refractivity contribution is 0.559. The maximum absolute atomic E-state index is 11.2. The summed E-state index contributed by atoms with van der Waals surface area (Å²) in [6.45, 7) is 5.95. The number of nitrogens with zero attached hydrogens (tertiary/aromatic N) is 1. The van der Waals surface area contributed by atoms with Gasteiger partial charge in [0.25, 0.3) is 0 Å². The maximum atomic E-state index is 11.2. The van der Waals surface area contributed by atoms with E-state index in [9.17, 15) is 4.57 Å². The van der Waals surface area contributed by atoms with Gasteiger partial charge < -0.3 is 0 Å². The van der Waals surface area contributed by atoms with E-state index >= 15 is 0 Å². The highest BCUT2D eigenvalue weighted by Crippen LogP contribution is 2.31. The van der Waals surface area contributed by atoms with Gasteiger partial charge in [0.1, 0.15) is 12.2 Å². The number of hydrogen-bond donors (Lipinski definition) is 0. The second kappa shape index (κ2) is 5.27. The smallest absolute Gasteiger partial charge is 0.193 e. The Kier molecular flexibility index (Phi) is 5.07. The van der Waals surface area contributed by atoms with E-state index in [4.69, 9.17) is 5.26 Å². The Balaban J connectivity index is 3.98. The minimum Gasteiger partial charge on any atom is -0.193 e. The number of hydrogen-bond acceptors (Lipinski definition) is 2. The van der Waals surface area contributed by atoms with E-state index < -0.39 is 7.80 Å². The lowest BCUT2D eigenvalue weighted by Crippen LogP contribution is -2.04. The van der Waals surface area contributed by atoms with Crippen molar-refractivity contribution in [2.75, 3.05) is 6.16 Å². The SMILES string of the molecule is CC[P+](=O)C(C#N)CC(C)C. The molecule has 0 aliphatic carbocycles. The summed E-state index contributed by atoms with van der Waals surface area (Å²) in [6, 6.07) is 2.10. The lowest BCUT2D eigenvalue weighted by atomic mass is 10.1. The van der Waals surface area contributed by atoms with E-state index in [0.29, 0.717) is 12.1 Å². The van der Waals surface area contributed by atoms with Crippen LogP contribution in [0.15, 0.2) is 0 Å². The molecular formula is C8H15NOP+. The normalized spacial score (nSPS) is 14.3. The molecule has 0 saturated carbocycles. The van der Waals surface area contributed by atoms with E-state index in [-0.39, 0.29) is 5.66 Å². The molecule has 11 heavy (non-hydrogen) atoms. The van der Waals surface area contributed by atoms with E-state index in [1.165, 1.54) is 0 Å². The van der Waals surface area contributed by atoms with Gasteiger partial charge >= 0.3 is 7.80 Å². The van der Waals surface area contributed by atoms with Gasteiger partial charge in [0, 0.05) is 6.42 Å². The van der Waals surface area contributed by atoms with Gasteiger partial charge in [-0.3, -0.25) is 0 Å². The second-order valence-corrected chi connectivity index (χ2v) is 5.10. The Labute approximate surface area is 69.4 Å². The molecule has 2 unspecified atom stereocenters. The minimum atomic E-state index is -1.29. The van der Waals surface area contributed by atoms with Gasteiger partial charge in [-0.2, -0.15) is 5.26 Å². The molecule has 0 saturated heterocycles. The molecule has 0 N–H and O–H groups in total. The Morgan fingerprint density at radius 3 is 2.36 bits per heavy atom. The fourth-order valence-corrected chi connectivity index (χ4v) is 2.13. The van der Waals surface area contributed by atoms with Crippen LogP contribution in [0.3, 0.4) is 0 Å². The molecule has 0 aromatic rings. The third-order valence-electron chi connectivity index (χ3n) is 1.50. The Bertz CT molecular complexity index is 171. The molecule has 0 amide bonds. The fraction of sp³-hybridized carbons (Fsp3) is 0.875. The Morgan fingerprint density at radius 2 is 2.09 bits per heavy atom. The van der Waals surface area contributed by atoms with Gasteiger partial charge in [-0.25, -0.2) is 0 Å². The van der Waals surface area contributed by atoms with Crippen molar-refractivity contribution in [1.29, 1.82) is 5.26 Å². The van der Waals surface area contributed by atoms with Gasteiger partial charge in [0.15, 0.2) is 0 Å². The van der Waals surface area contributed by atoms with Crippen LogP contribution >= 0.6 is 7.80 Å². The van der Waals surface area contributed by atoms with Crippen LogP contribution in [0.1, 0.15) is 27.2 Å². The zero-order chi connectivity index (χ0) is 8.85. The van der Waals surface area contributed by atoms with Crippen molar-refractivity contribution >= 4 is 7.80 Å². The van der Waals surface area contributed by atoms with Crippen LogP contribution in [0, 0.1) is 17.2 Å². The van der Waals surface area contributed by atoms with Crippen molar-refractivity contribution in [3.05, 3.63) is 0 Å². The molecule has 2 nitrogen and oxygen atoms in total.